The Bertz CT molecular complexity index is 529. The van der Waals surface area contributed by atoms with E-state index in [0.717, 1.165) is 42.8 Å². The molecule has 0 atom stereocenters. The Balaban J connectivity index is 1.51. The number of nitrogens with zero attached hydrogens (tertiary/aromatic N) is 3. The standard InChI is InChI=1S/C16H24N4O/c1-10-17-14(19-18-10)9-20(2)15(21)16-6-11-3-12(7-16)5-13(4-11)8-16/h11-13H,3-9H2,1-2H3,(H,17,18,19). The van der Waals surface area contributed by atoms with Crippen molar-refractivity contribution >= 4 is 5.91 Å². The van der Waals surface area contributed by atoms with Gasteiger partial charge in [0.15, 0.2) is 5.82 Å². The van der Waals surface area contributed by atoms with Gasteiger partial charge in [-0.1, -0.05) is 0 Å². The second-order valence-corrected chi connectivity index (χ2v) is 7.70. The predicted octanol–water partition coefficient (Wildman–Crippen LogP) is 2.29. The minimum atomic E-state index is -0.0607. The molecule has 21 heavy (non-hydrogen) atoms. The summed E-state index contributed by atoms with van der Waals surface area (Å²) in [6.45, 7) is 2.41. The van der Waals surface area contributed by atoms with E-state index in [1.807, 2.05) is 18.9 Å². The van der Waals surface area contributed by atoms with Gasteiger partial charge in [-0.05, 0) is 63.2 Å². The molecule has 114 valence electrons. The van der Waals surface area contributed by atoms with Crippen LogP contribution in [0.1, 0.15) is 50.2 Å². The Morgan fingerprint density at radius 3 is 2.29 bits per heavy atom. The number of nitrogens with one attached hydrogen (secondary N) is 1. The fraction of sp³-hybridized carbons (Fsp3) is 0.812. The monoisotopic (exact) mass is 288 g/mol. The number of aromatic nitrogens is 3. The molecule has 0 spiro atoms. The third-order valence-electron chi connectivity index (χ3n) is 5.86. The highest BCUT2D eigenvalue weighted by molar-refractivity contribution is 5.83. The maximum absolute atomic E-state index is 13.1. The number of hydrogen-bond acceptors (Lipinski definition) is 3. The van der Waals surface area contributed by atoms with E-state index in [4.69, 9.17) is 0 Å². The van der Waals surface area contributed by atoms with Gasteiger partial charge in [0.05, 0.1) is 12.0 Å². The Morgan fingerprint density at radius 2 is 1.81 bits per heavy atom. The van der Waals surface area contributed by atoms with E-state index in [1.54, 1.807) is 0 Å². The average Bonchev–Trinajstić information content (AvgIpc) is 2.81. The summed E-state index contributed by atoms with van der Waals surface area (Å²) in [5.74, 6) is 4.27. The first-order valence-electron chi connectivity index (χ1n) is 8.17. The molecule has 0 aliphatic heterocycles. The molecule has 4 aliphatic rings. The lowest BCUT2D eigenvalue weighted by Gasteiger charge is -2.56. The second kappa shape index (κ2) is 4.55. The van der Waals surface area contributed by atoms with Gasteiger partial charge in [0.25, 0.3) is 0 Å². The molecule has 0 aromatic carbocycles. The largest absolute Gasteiger partial charge is 0.338 e. The summed E-state index contributed by atoms with van der Waals surface area (Å²) in [4.78, 5) is 19.2. The SMILES string of the molecule is Cc1nc(CN(C)C(=O)C23CC4CC(CC(C4)C2)C3)n[nH]1. The summed E-state index contributed by atoms with van der Waals surface area (Å²) in [5, 5.41) is 7.00. The number of aryl methyl sites for hydroxylation is 1. The van der Waals surface area contributed by atoms with E-state index in [9.17, 15) is 4.79 Å². The van der Waals surface area contributed by atoms with Crippen molar-refractivity contribution in [2.24, 2.45) is 23.2 Å². The van der Waals surface area contributed by atoms with Crippen molar-refractivity contribution in [1.29, 1.82) is 0 Å². The minimum absolute atomic E-state index is 0.0607. The highest BCUT2D eigenvalue weighted by Crippen LogP contribution is 2.60. The molecule has 5 rings (SSSR count). The van der Waals surface area contributed by atoms with Gasteiger partial charge in [-0.2, -0.15) is 5.10 Å². The molecule has 0 radical (unpaired) electrons. The van der Waals surface area contributed by atoms with Gasteiger partial charge in [0.1, 0.15) is 5.82 Å². The van der Waals surface area contributed by atoms with E-state index >= 15 is 0 Å². The Morgan fingerprint density at radius 1 is 1.24 bits per heavy atom. The van der Waals surface area contributed by atoms with E-state index in [-0.39, 0.29) is 5.41 Å². The summed E-state index contributed by atoms with van der Waals surface area (Å²) in [5.41, 5.74) is -0.0607. The van der Waals surface area contributed by atoms with E-state index in [2.05, 4.69) is 15.2 Å². The van der Waals surface area contributed by atoms with Crippen molar-refractivity contribution in [3.05, 3.63) is 11.6 Å². The molecule has 0 saturated heterocycles. The van der Waals surface area contributed by atoms with E-state index in [1.165, 1.54) is 19.3 Å². The van der Waals surface area contributed by atoms with Crippen LogP contribution >= 0.6 is 0 Å². The van der Waals surface area contributed by atoms with Crippen LogP contribution in [0.2, 0.25) is 0 Å². The molecule has 1 aromatic heterocycles. The number of carbonyl (C=O) groups is 1. The van der Waals surface area contributed by atoms with Gasteiger partial charge in [0, 0.05) is 7.05 Å². The summed E-state index contributed by atoms with van der Waals surface area (Å²) in [6.07, 6.45) is 7.47. The molecule has 1 amide bonds. The maximum atomic E-state index is 13.1. The molecule has 1 N–H and O–H groups in total. The topological polar surface area (TPSA) is 61.9 Å². The van der Waals surface area contributed by atoms with Gasteiger partial charge in [-0.3, -0.25) is 9.89 Å². The zero-order chi connectivity index (χ0) is 14.6. The third-order valence-corrected chi connectivity index (χ3v) is 5.86. The van der Waals surface area contributed by atoms with Crippen LogP contribution in [0.25, 0.3) is 0 Å². The first kappa shape index (κ1) is 13.3. The normalized spacial score (nSPS) is 37.0. The zero-order valence-electron chi connectivity index (χ0n) is 12.9. The van der Waals surface area contributed by atoms with Crippen LogP contribution in [0.4, 0.5) is 0 Å². The van der Waals surface area contributed by atoms with Crippen LogP contribution < -0.4 is 0 Å². The lowest BCUT2D eigenvalue weighted by molar-refractivity contribution is -0.156. The molecule has 1 aromatic rings. The van der Waals surface area contributed by atoms with Gasteiger partial charge < -0.3 is 4.90 Å². The minimum Gasteiger partial charge on any atom is -0.338 e. The van der Waals surface area contributed by atoms with Crippen molar-refractivity contribution in [3.8, 4) is 0 Å². The highest BCUT2D eigenvalue weighted by atomic mass is 16.2. The van der Waals surface area contributed by atoms with Crippen LogP contribution in [0.5, 0.6) is 0 Å². The zero-order valence-corrected chi connectivity index (χ0v) is 12.9. The van der Waals surface area contributed by atoms with Crippen molar-refractivity contribution in [3.63, 3.8) is 0 Å². The maximum Gasteiger partial charge on any atom is 0.228 e. The van der Waals surface area contributed by atoms with Gasteiger partial charge in [-0.15, -0.1) is 0 Å². The Labute approximate surface area is 125 Å². The molecule has 4 aliphatic carbocycles. The summed E-state index contributed by atoms with van der Waals surface area (Å²) in [6, 6.07) is 0. The van der Waals surface area contributed by atoms with Crippen molar-refractivity contribution < 1.29 is 4.79 Å². The number of aromatic amines is 1. The molecule has 5 nitrogen and oxygen atoms in total. The van der Waals surface area contributed by atoms with Crippen molar-refractivity contribution in [2.75, 3.05) is 7.05 Å². The highest BCUT2D eigenvalue weighted by Gasteiger charge is 2.55. The number of hydrogen-bond donors (Lipinski definition) is 1. The quantitative estimate of drug-likeness (QED) is 0.928. The fourth-order valence-electron chi connectivity index (χ4n) is 5.52. The van der Waals surface area contributed by atoms with Crippen LogP contribution in [0.3, 0.4) is 0 Å². The third kappa shape index (κ3) is 2.17. The fourth-order valence-corrected chi connectivity index (χ4v) is 5.52. The molecular weight excluding hydrogens is 264 g/mol. The van der Waals surface area contributed by atoms with Crippen molar-refractivity contribution in [1.82, 2.24) is 20.1 Å². The Kier molecular flexibility index (Phi) is 2.88. The van der Waals surface area contributed by atoms with Crippen molar-refractivity contribution in [2.45, 2.75) is 52.0 Å². The predicted molar refractivity (Wildman–Crippen MR) is 78.2 cm³/mol. The van der Waals surface area contributed by atoms with E-state index in [0.29, 0.717) is 18.3 Å². The summed E-state index contributed by atoms with van der Waals surface area (Å²) < 4.78 is 0. The molecule has 1 heterocycles. The number of H-pyrrole nitrogens is 1. The second-order valence-electron chi connectivity index (χ2n) is 7.70. The van der Waals surface area contributed by atoms with Crippen LogP contribution in [-0.2, 0) is 11.3 Å². The molecular formula is C16H24N4O. The number of amides is 1. The summed E-state index contributed by atoms with van der Waals surface area (Å²) in [7, 11) is 1.91. The first-order valence-corrected chi connectivity index (χ1v) is 8.17. The van der Waals surface area contributed by atoms with Gasteiger partial charge >= 0.3 is 0 Å². The molecule has 4 saturated carbocycles. The molecule has 4 fully saturated rings. The summed E-state index contributed by atoms with van der Waals surface area (Å²) >= 11 is 0. The number of carbonyl (C=O) groups excluding carboxylic acids is 1. The van der Waals surface area contributed by atoms with Crippen LogP contribution in [0.15, 0.2) is 0 Å². The molecule has 4 bridgehead atoms. The molecule has 0 unspecified atom stereocenters. The van der Waals surface area contributed by atoms with Gasteiger partial charge in [0.2, 0.25) is 5.91 Å². The lowest BCUT2D eigenvalue weighted by atomic mass is 9.49. The first-order chi connectivity index (χ1) is 10.0. The lowest BCUT2D eigenvalue weighted by Crippen LogP contribution is -2.53. The number of rotatable bonds is 3. The van der Waals surface area contributed by atoms with Crippen LogP contribution in [-0.4, -0.2) is 33.0 Å². The van der Waals surface area contributed by atoms with Crippen LogP contribution in [0, 0.1) is 30.1 Å². The average molecular weight is 288 g/mol. The molecule has 5 heteroatoms. The Hall–Kier alpha value is -1.39. The van der Waals surface area contributed by atoms with Gasteiger partial charge in [-0.25, -0.2) is 4.98 Å². The van der Waals surface area contributed by atoms with E-state index < -0.39 is 0 Å². The smallest absolute Gasteiger partial charge is 0.228 e.